The number of anilines is 1. The predicted octanol–water partition coefficient (Wildman–Crippen LogP) is 0.891. The maximum Gasteiger partial charge on any atom is 0.237 e. The summed E-state index contributed by atoms with van der Waals surface area (Å²) in [6.07, 6.45) is 0. The average molecular weight is 390 g/mol. The van der Waals surface area contributed by atoms with Crippen molar-refractivity contribution < 1.29 is 17.9 Å². The zero-order chi connectivity index (χ0) is 18.4. The van der Waals surface area contributed by atoms with Gasteiger partial charge in [-0.05, 0) is 31.2 Å². The quantitative estimate of drug-likeness (QED) is 0.701. The largest absolute Gasteiger partial charge is 0.497 e. The van der Waals surface area contributed by atoms with Gasteiger partial charge in [-0.3, -0.25) is 4.79 Å². The second kappa shape index (κ2) is 8.73. The lowest BCUT2D eigenvalue weighted by Gasteiger charge is -2.35. The summed E-state index contributed by atoms with van der Waals surface area (Å²) in [5.41, 5.74) is 1.04. The van der Waals surface area contributed by atoms with Crippen LogP contribution in [0.25, 0.3) is 0 Å². The molecule has 0 saturated carbocycles. The second-order valence-corrected chi connectivity index (χ2v) is 8.55. The molecule has 0 spiro atoms. The first-order chi connectivity index (χ1) is 11.8. The Labute approximate surface area is 153 Å². The van der Waals surface area contributed by atoms with Crippen molar-refractivity contribution in [2.75, 3.05) is 50.5 Å². The van der Waals surface area contributed by atoms with Gasteiger partial charge >= 0.3 is 0 Å². The predicted molar refractivity (Wildman–Crippen MR) is 98.9 cm³/mol. The first-order valence-electron chi connectivity index (χ1n) is 8.12. The highest BCUT2D eigenvalue weighted by Crippen LogP contribution is 2.21. The number of hydrogen-bond donors (Lipinski definition) is 1. The fourth-order valence-electron chi connectivity index (χ4n) is 2.59. The highest BCUT2D eigenvalue weighted by Gasteiger charge is 2.27. The van der Waals surface area contributed by atoms with Gasteiger partial charge in [0.2, 0.25) is 15.9 Å². The number of hydrogen-bond acceptors (Lipinski definition) is 5. The van der Waals surface area contributed by atoms with E-state index in [2.05, 4.69) is 10.2 Å². The van der Waals surface area contributed by atoms with Crippen molar-refractivity contribution in [1.82, 2.24) is 9.62 Å². The van der Waals surface area contributed by atoms with Gasteiger partial charge in [0.1, 0.15) is 11.1 Å². The molecule has 1 aliphatic heterocycles. The van der Waals surface area contributed by atoms with Crippen LogP contribution in [0.1, 0.15) is 6.92 Å². The summed E-state index contributed by atoms with van der Waals surface area (Å²) in [6.45, 7) is 3.70. The van der Waals surface area contributed by atoms with Crippen LogP contribution in [-0.4, -0.2) is 69.6 Å². The Morgan fingerprint density at radius 2 is 1.84 bits per heavy atom. The average Bonchev–Trinajstić information content (AvgIpc) is 2.61. The number of sulfonamides is 1. The summed E-state index contributed by atoms with van der Waals surface area (Å²) in [5, 5.41) is 1.85. The minimum absolute atomic E-state index is 0.0664. The molecule has 25 heavy (non-hydrogen) atoms. The van der Waals surface area contributed by atoms with Crippen molar-refractivity contribution in [3.63, 3.8) is 0 Å². The molecule has 1 fully saturated rings. The molecule has 1 aromatic rings. The van der Waals surface area contributed by atoms with E-state index in [9.17, 15) is 13.2 Å². The van der Waals surface area contributed by atoms with Crippen molar-refractivity contribution in [3.8, 4) is 5.75 Å². The zero-order valence-electron chi connectivity index (χ0n) is 14.4. The second-order valence-electron chi connectivity index (χ2n) is 5.81. The van der Waals surface area contributed by atoms with Gasteiger partial charge in [0, 0.05) is 38.4 Å². The van der Waals surface area contributed by atoms with E-state index >= 15 is 0 Å². The van der Waals surface area contributed by atoms with Gasteiger partial charge in [0.05, 0.1) is 12.9 Å². The Morgan fingerprint density at radius 1 is 1.24 bits per heavy atom. The van der Waals surface area contributed by atoms with Crippen LogP contribution in [-0.2, 0) is 14.8 Å². The molecular formula is C16H24ClN3O4S. The summed E-state index contributed by atoms with van der Waals surface area (Å²) in [7, 11) is -1.77. The van der Waals surface area contributed by atoms with E-state index in [1.54, 1.807) is 14.0 Å². The SMILES string of the molecule is COc1ccc(N2CCN(S(=O)(=O)CCNC(=O)C(C)Cl)CC2)cc1. The molecule has 1 atom stereocenters. The van der Waals surface area contributed by atoms with E-state index < -0.39 is 15.4 Å². The number of ether oxygens (including phenoxy) is 1. The molecule has 1 amide bonds. The third kappa shape index (κ3) is 5.49. The minimum Gasteiger partial charge on any atom is -0.497 e. The van der Waals surface area contributed by atoms with Gasteiger partial charge < -0.3 is 15.0 Å². The lowest BCUT2D eigenvalue weighted by Crippen LogP contribution is -2.50. The molecule has 0 radical (unpaired) electrons. The number of carbonyl (C=O) groups is 1. The molecule has 7 nitrogen and oxygen atoms in total. The number of nitrogens with one attached hydrogen (secondary N) is 1. The Balaban J connectivity index is 1.84. The molecule has 1 saturated heterocycles. The van der Waals surface area contributed by atoms with Crippen LogP contribution >= 0.6 is 11.6 Å². The molecule has 2 rings (SSSR count). The van der Waals surface area contributed by atoms with Crippen LogP contribution < -0.4 is 15.0 Å². The lowest BCUT2D eigenvalue weighted by molar-refractivity contribution is -0.120. The number of piperazine rings is 1. The summed E-state index contributed by atoms with van der Waals surface area (Å²) < 4.78 is 31.4. The Kier molecular flexibility index (Phi) is 6.92. The van der Waals surface area contributed by atoms with Crippen molar-refractivity contribution >= 4 is 33.2 Å². The van der Waals surface area contributed by atoms with E-state index in [-0.39, 0.29) is 18.2 Å². The van der Waals surface area contributed by atoms with E-state index in [1.807, 2.05) is 24.3 Å². The van der Waals surface area contributed by atoms with Crippen molar-refractivity contribution in [2.24, 2.45) is 0 Å². The molecule has 0 aliphatic carbocycles. The third-order valence-corrected chi connectivity index (χ3v) is 6.16. The molecule has 140 valence electrons. The number of carbonyl (C=O) groups excluding carboxylic acids is 1. The van der Waals surface area contributed by atoms with Gasteiger partial charge in [-0.25, -0.2) is 8.42 Å². The number of benzene rings is 1. The fourth-order valence-corrected chi connectivity index (χ4v) is 4.01. The fraction of sp³-hybridized carbons (Fsp3) is 0.562. The normalized spacial score (nSPS) is 17.2. The van der Waals surface area contributed by atoms with Crippen LogP contribution in [0.3, 0.4) is 0 Å². The summed E-state index contributed by atoms with van der Waals surface area (Å²) >= 11 is 5.63. The van der Waals surface area contributed by atoms with Crippen LogP contribution in [0.5, 0.6) is 5.75 Å². The van der Waals surface area contributed by atoms with E-state index in [0.29, 0.717) is 26.2 Å². The van der Waals surface area contributed by atoms with Crippen LogP contribution in [0.15, 0.2) is 24.3 Å². The monoisotopic (exact) mass is 389 g/mol. The molecule has 0 aromatic heterocycles. The first-order valence-corrected chi connectivity index (χ1v) is 10.2. The molecule has 1 heterocycles. The summed E-state index contributed by atoms with van der Waals surface area (Å²) in [4.78, 5) is 13.5. The molecule has 9 heteroatoms. The van der Waals surface area contributed by atoms with Gasteiger partial charge in [0.25, 0.3) is 0 Å². The number of nitrogens with zero attached hydrogens (tertiary/aromatic N) is 2. The van der Waals surface area contributed by atoms with E-state index in [4.69, 9.17) is 16.3 Å². The maximum atomic E-state index is 12.4. The maximum absolute atomic E-state index is 12.4. The van der Waals surface area contributed by atoms with Crippen molar-refractivity contribution in [3.05, 3.63) is 24.3 Å². The number of alkyl halides is 1. The van der Waals surface area contributed by atoms with Gasteiger partial charge in [-0.2, -0.15) is 4.31 Å². The van der Waals surface area contributed by atoms with Gasteiger partial charge in [-0.15, -0.1) is 11.6 Å². The summed E-state index contributed by atoms with van der Waals surface area (Å²) in [5.74, 6) is 0.310. The molecule has 1 N–H and O–H groups in total. The molecular weight excluding hydrogens is 366 g/mol. The molecule has 1 unspecified atom stereocenters. The van der Waals surface area contributed by atoms with Crippen LogP contribution in [0.2, 0.25) is 0 Å². The minimum atomic E-state index is -3.39. The Bertz CT molecular complexity index is 671. The Hall–Kier alpha value is -1.51. The number of halogens is 1. The lowest BCUT2D eigenvalue weighted by atomic mass is 10.2. The number of rotatable bonds is 7. The van der Waals surface area contributed by atoms with Crippen LogP contribution in [0.4, 0.5) is 5.69 Å². The third-order valence-electron chi connectivity index (χ3n) is 4.09. The van der Waals surface area contributed by atoms with Crippen LogP contribution in [0, 0.1) is 0 Å². The molecule has 1 aliphatic rings. The van der Waals surface area contributed by atoms with Gasteiger partial charge in [0.15, 0.2) is 0 Å². The van der Waals surface area contributed by atoms with E-state index in [1.165, 1.54) is 4.31 Å². The zero-order valence-corrected chi connectivity index (χ0v) is 16.0. The standard InChI is InChI=1S/C16H24ClN3O4S/c1-13(17)16(21)18-7-12-25(22,23)20-10-8-19(9-11-20)14-3-5-15(24-2)6-4-14/h3-6,13H,7-12H2,1-2H3,(H,18,21). The topological polar surface area (TPSA) is 79.0 Å². The molecule has 0 bridgehead atoms. The first kappa shape index (κ1) is 19.8. The van der Waals surface area contributed by atoms with Crippen molar-refractivity contribution in [2.45, 2.75) is 12.3 Å². The van der Waals surface area contributed by atoms with Crippen molar-refractivity contribution in [1.29, 1.82) is 0 Å². The number of amides is 1. The highest BCUT2D eigenvalue weighted by molar-refractivity contribution is 7.89. The highest BCUT2D eigenvalue weighted by atomic mass is 35.5. The smallest absolute Gasteiger partial charge is 0.237 e. The van der Waals surface area contributed by atoms with Gasteiger partial charge in [-0.1, -0.05) is 0 Å². The Morgan fingerprint density at radius 3 is 2.36 bits per heavy atom. The molecule has 1 aromatic carbocycles. The summed E-state index contributed by atoms with van der Waals surface area (Å²) in [6, 6.07) is 7.70. The van der Waals surface area contributed by atoms with E-state index in [0.717, 1.165) is 11.4 Å². The number of methoxy groups -OCH3 is 1.